The van der Waals surface area contributed by atoms with E-state index in [0.717, 1.165) is 12.3 Å². The fraction of sp³-hybridized carbons (Fsp3) is 0.304. The lowest BCUT2D eigenvalue weighted by Gasteiger charge is -2.31. The predicted octanol–water partition coefficient (Wildman–Crippen LogP) is 3.20. The Morgan fingerprint density at radius 2 is 2.00 bits per heavy atom. The lowest BCUT2D eigenvalue weighted by Crippen LogP contribution is -2.39. The zero-order valence-electron chi connectivity index (χ0n) is 22.4. The Balaban J connectivity index is 1.80. The maximum atomic E-state index is 12.2. The lowest BCUT2D eigenvalue weighted by atomic mass is 10.1. The van der Waals surface area contributed by atoms with Crippen molar-refractivity contribution in [1.29, 1.82) is 0 Å². The molecule has 0 aliphatic carbocycles. The molecule has 0 unspecified atom stereocenters. The first kappa shape index (κ1) is 20.4. The van der Waals surface area contributed by atoms with Gasteiger partial charge in [0.05, 0.1) is 22.5 Å². The van der Waals surface area contributed by atoms with Crippen molar-refractivity contribution in [1.82, 2.24) is 15.0 Å². The molecule has 4 rings (SSSR count). The maximum absolute atomic E-state index is 12.2. The second kappa shape index (κ2) is 9.02. The number of methoxy groups -OCH3 is 1. The molecule has 0 bridgehead atoms. The average Bonchev–Trinajstić information content (AvgIpc) is 2.76. The van der Waals surface area contributed by atoms with Crippen molar-refractivity contribution in [3.8, 4) is 28.6 Å². The highest BCUT2D eigenvalue weighted by Crippen LogP contribution is 2.38. The Bertz CT molecular complexity index is 1510. The van der Waals surface area contributed by atoms with Crippen molar-refractivity contribution in [2.24, 2.45) is 0 Å². The summed E-state index contributed by atoms with van der Waals surface area (Å²) >= 11 is 0. The van der Waals surface area contributed by atoms with E-state index in [1.54, 1.807) is 12.1 Å². The van der Waals surface area contributed by atoms with Crippen LogP contribution in [0, 0.1) is 0 Å². The van der Waals surface area contributed by atoms with Crippen molar-refractivity contribution in [3.63, 3.8) is 0 Å². The fourth-order valence-electron chi connectivity index (χ4n) is 3.27. The molecular formula is C23H25N5O6S. The van der Waals surface area contributed by atoms with Gasteiger partial charge in [-0.3, -0.25) is 4.79 Å². The molecule has 0 fully saturated rings. The molecule has 184 valence electrons. The number of hydrogen-bond acceptors (Lipinski definition) is 10. The van der Waals surface area contributed by atoms with E-state index in [9.17, 15) is 13.2 Å². The molecule has 4 heterocycles. The third kappa shape index (κ3) is 5.60. The summed E-state index contributed by atoms with van der Waals surface area (Å²) in [6, 6.07) is 7.15. The van der Waals surface area contributed by atoms with Crippen LogP contribution in [0.4, 0.5) is 17.3 Å². The van der Waals surface area contributed by atoms with Crippen LogP contribution >= 0.6 is 0 Å². The van der Waals surface area contributed by atoms with E-state index in [0.29, 0.717) is 22.7 Å². The minimum Gasteiger partial charge on any atom is -0.497 e. The Morgan fingerprint density at radius 3 is 2.71 bits per heavy atom. The Kier molecular flexibility index (Phi) is 5.27. The predicted molar refractivity (Wildman–Crippen MR) is 129 cm³/mol. The van der Waals surface area contributed by atoms with Crippen LogP contribution in [0.5, 0.6) is 17.4 Å². The number of hydrogen-bond donors (Lipinski definition) is 2. The van der Waals surface area contributed by atoms with E-state index in [4.69, 9.17) is 18.3 Å². The third-order valence-electron chi connectivity index (χ3n) is 4.79. The van der Waals surface area contributed by atoms with Crippen LogP contribution < -0.4 is 24.8 Å². The number of fused-ring (bicyclic) bond motifs is 1. The Morgan fingerprint density at radius 1 is 1.20 bits per heavy atom. The van der Waals surface area contributed by atoms with Gasteiger partial charge in [0.25, 0.3) is 5.88 Å². The monoisotopic (exact) mass is 502 g/mol. The molecule has 2 N–H and O–H groups in total. The highest BCUT2D eigenvalue weighted by atomic mass is 32.2. The van der Waals surface area contributed by atoms with Gasteiger partial charge in [0.2, 0.25) is 5.91 Å². The molecule has 0 saturated carbocycles. The molecule has 0 aromatic carbocycles. The molecule has 12 heteroatoms. The van der Waals surface area contributed by atoms with Crippen molar-refractivity contribution in [3.05, 3.63) is 36.5 Å². The van der Waals surface area contributed by atoms with Gasteiger partial charge in [-0.2, -0.15) is 0 Å². The number of carbonyl (C=O) groups is 1. The van der Waals surface area contributed by atoms with Gasteiger partial charge in [-0.25, -0.2) is 23.4 Å². The van der Waals surface area contributed by atoms with Crippen molar-refractivity contribution in [2.45, 2.75) is 31.4 Å². The standard InChI is InChI=1S/C23H25N5O6S/c1-13(29)25-19-10-17(26-20-8-14(32-4)9-21(28-20)35(5,30)31)15(11-24-19)16-6-7-18-22(27-16)33-12-23(2,3)34-18/h6-11H,12H2,1-5H3,(H2,24,25,26,28,29)/i4D3. The SMILES string of the molecule is [2H]C([2H])([2H])Oc1cc(Nc2cc(NC(C)=O)ncc2-c2ccc3c(n2)OCC(C)(C)O3)nc(S(C)(=O)=O)c1. The zero-order valence-corrected chi connectivity index (χ0v) is 20.2. The van der Waals surface area contributed by atoms with Gasteiger partial charge in [-0.1, -0.05) is 0 Å². The smallest absolute Gasteiger partial charge is 0.257 e. The molecule has 0 spiro atoms. The van der Waals surface area contributed by atoms with Gasteiger partial charge in [0.15, 0.2) is 20.6 Å². The van der Waals surface area contributed by atoms with Crippen LogP contribution in [0.1, 0.15) is 24.9 Å². The van der Waals surface area contributed by atoms with Gasteiger partial charge in [-0.05, 0) is 26.0 Å². The second-order valence-corrected chi connectivity index (χ2v) is 10.4. The number of ether oxygens (including phenoxy) is 3. The Hall–Kier alpha value is -3.93. The fourth-order valence-corrected chi connectivity index (χ4v) is 3.87. The number of nitrogens with zero attached hydrogens (tertiary/aromatic N) is 3. The van der Waals surface area contributed by atoms with Gasteiger partial charge in [0, 0.05) is 43.1 Å². The summed E-state index contributed by atoms with van der Waals surface area (Å²) in [7, 11) is -6.65. The average molecular weight is 503 g/mol. The largest absolute Gasteiger partial charge is 0.497 e. The van der Waals surface area contributed by atoms with Crippen LogP contribution in [0.25, 0.3) is 11.3 Å². The number of nitrogens with one attached hydrogen (secondary N) is 2. The number of amides is 1. The summed E-state index contributed by atoms with van der Waals surface area (Å²) in [5.74, 6) is 0.317. The minimum absolute atomic E-state index is 0.0345. The molecule has 0 radical (unpaired) electrons. The van der Waals surface area contributed by atoms with Gasteiger partial charge < -0.3 is 24.8 Å². The minimum atomic E-state index is -3.83. The van der Waals surface area contributed by atoms with E-state index in [2.05, 4.69) is 25.6 Å². The molecule has 3 aromatic rings. The quantitative estimate of drug-likeness (QED) is 0.516. The molecule has 3 aromatic heterocycles. The first-order valence-corrected chi connectivity index (χ1v) is 12.3. The summed E-state index contributed by atoms with van der Waals surface area (Å²) in [5, 5.41) is 5.15. The van der Waals surface area contributed by atoms with Crippen LogP contribution in [-0.2, 0) is 14.6 Å². The van der Waals surface area contributed by atoms with Crippen LogP contribution in [0.2, 0.25) is 0 Å². The van der Waals surface area contributed by atoms with Crippen molar-refractivity contribution >= 4 is 33.1 Å². The molecule has 11 nitrogen and oxygen atoms in total. The number of rotatable bonds is 6. The summed E-state index contributed by atoms with van der Waals surface area (Å²) in [6.07, 6.45) is 2.39. The number of aromatic nitrogens is 3. The lowest BCUT2D eigenvalue weighted by molar-refractivity contribution is -0.114. The first-order valence-electron chi connectivity index (χ1n) is 11.9. The molecule has 0 saturated heterocycles. The van der Waals surface area contributed by atoms with E-state index in [1.807, 2.05) is 13.8 Å². The number of carbonyl (C=O) groups excluding carboxylic acids is 1. The Labute approximate surface area is 207 Å². The molecule has 0 atom stereocenters. The molecule has 1 aliphatic heterocycles. The topological polar surface area (TPSA) is 142 Å². The van der Waals surface area contributed by atoms with Gasteiger partial charge >= 0.3 is 0 Å². The number of pyridine rings is 3. The first-order chi connectivity index (χ1) is 17.6. The maximum Gasteiger partial charge on any atom is 0.257 e. The molecule has 1 aliphatic rings. The summed E-state index contributed by atoms with van der Waals surface area (Å²) in [5.41, 5.74) is 0.677. The van der Waals surface area contributed by atoms with E-state index in [-0.39, 0.29) is 35.8 Å². The summed E-state index contributed by atoms with van der Waals surface area (Å²) < 4.78 is 63.2. The van der Waals surface area contributed by atoms with Crippen molar-refractivity contribution in [2.75, 3.05) is 30.5 Å². The molecular weight excluding hydrogens is 474 g/mol. The van der Waals surface area contributed by atoms with E-state index in [1.165, 1.54) is 25.3 Å². The summed E-state index contributed by atoms with van der Waals surface area (Å²) in [4.78, 5) is 24.5. The molecule has 1 amide bonds. The van der Waals surface area contributed by atoms with Crippen LogP contribution in [0.15, 0.2) is 41.6 Å². The highest BCUT2D eigenvalue weighted by molar-refractivity contribution is 7.90. The zero-order chi connectivity index (χ0) is 27.9. The van der Waals surface area contributed by atoms with Gasteiger partial charge in [-0.15, -0.1) is 0 Å². The number of sulfone groups is 1. The second-order valence-electron chi connectivity index (χ2n) is 8.47. The third-order valence-corrected chi connectivity index (χ3v) is 5.76. The number of anilines is 3. The summed E-state index contributed by atoms with van der Waals surface area (Å²) in [6.45, 7) is 5.38. The van der Waals surface area contributed by atoms with Crippen molar-refractivity contribution < 1.29 is 31.5 Å². The highest BCUT2D eigenvalue weighted by Gasteiger charge is 2.29. The normalized spacial score (nSPS) is 15.8. The molecule has 35 heavy (non-hydrogen) atoms. The van der Waals surface area contributed by atoms with Crippen LogP contribution in [-0.4, -0.2) is 54.8 Å². The van der Waals surface area contributed by atoms with E-state index < -0.39 is 27.5 Å². The van der Waals surface area contributed by atoms with E-state index >= 15 is 0 Å². The van der Waals surface area contributed by atoms with Gasteiger partial charge in [0.1, 0.15) is 29.6 Å². The van der Waals surface area contributed by atoms with Crippen LogP contribution in [0.3, 0.4) is 0 Å².